The number of hydrogen-bond acceptors (Lipinski definition) is 9. The molecule has 0 fully saturated rings. The topological polar surface area (TPSA) is 101 Å². The van der Waals surface area contributed by atoms with Crippen molar-refractivity contribution < 1.29 is 9.66 Å². The number of nitrogens with one attached hydrogen (secondary N) is 2. The van der Waals surface area contributed by atoms with Crippen LogP contribution in [0.4, 0.5) is 5.69 Å². The first-order valence-corrected chi connectivity index (χ1v) is 12.9. The van der Waals surface area contributed by atoms with E-state index in [9.17, 15) is 10.1 Å². The number of benzene rings is 2. The maximum absolute atomic E-state index is 11.1. The van der Waals surface area contributed by atoms with E-state index in [1.807, 2.05) is 19.1 Å². The molecule has 0 saturated carbocycles. The van der Waals surface area contributed by atoms with Crippen LogP contribution in [0.25, 0.3) is 0 Å². The van der Waals surface area contributed by atoms with Gasteiger partial charge in [0.1, 0.15) is 0 Å². The van der Waals surface area contributed by atoms with Gasteiger partial charge in [-0.05, 0) is 23.6 Å². The third-order valence-electron chi connectivity index (χ3n) is 4.56. The molecule has 0 amide bonds. The molecule has 0 aliphatic carbocycles. The van der Waals surface area contributed by atoms with E-state index in [-0.39, 0.29) is 5.69 Å². The number of nitro benzene ring substituents is 1. The molecule has 2 aliphatic rings. The van der Waals surface area contributed by atoms with Crippen LogP contribution >= 0.6 is 23.5 Å². The van der Waals surface area contributed by atoms with Crippen molar-refractivity contribution in [2.75, 3.05) is 32.8 Å². The summed E-state index contributed by atoms with van der Waals surface area (Å²) in [6, 6.07) is 15.6. The second-order valence-corrected chi connectivity index (χ2v) is 9.13. The van der Waals surface area contributed by atoms with Gasteiger partial charge in [0.05, 0.1) is 24.6 Å². The number of hydrogen-bond donors (Lipinski definition) is 2. The van der Waals surface area contributed by atoms with Crippen molar-refractivity contribution >= 4 is 39.5 Å². The number of nitrogens with zero attached hydrogens (tertiary/aromatic N) is 3. The van der Waals surface area contributed by atoms with Crippen LogP contribution in [-0.4, -0.2) is 48.0 Å². The van der Waals surface area contributed by atoms with E-state index in [1.54, 1.807) is 35.7 Å². The summed E-state index contributed by atoms with van der Waals surface area (Å²) in [6.45, 7) is 6.04. The molecule has 0 unspecified atom stereocenters. The smallest absolute Gasteiger partial charge is 0.311 e. The molecule has 8 nitrogen and oxygen atoms in total. The second kappa shape index (κ2) is 13.7. The van der Waals surface area contributed by atoms with Gasteiger partial charge in [0, 0.05) is 30.7 Å². The lowest BCUT2D eigenvalue weighted by Crippen LogP contribution is -2.15. The van der Waals surface area contributed by atoms with E-state index in [2.05, 4.69) is 44.9 Å². The van der Waals surface area contributed by atoms with E-state index < -0.39 is 4.92 Å². The standard InChI is InChI=1S/C13H17N3O3S.C10H12N2S/c1-2-7-19-12-4-3-10(8-11(12)16(17)18)9-20-13-14-5-6-15-13;1-2-4-9(5-3-1)8-13-10-11-6-7-12-10/h3-4,8H,2,5-7,9H2,1H3,(H,14,15);1-5H,6-8H2,(H,11,12). The van der Waals surface area contributed by atoms with Crippen molar-refractivity contribution in [3.63, 3.8) is 0 Å². The van der Waals surface area contributed by atoms with Crippen molar-refractivity contribution in [2.24, 2.45) is 9.98 Å². The summed E-state index contributed by atoms with van der Waals surface area (Å²) >= 11 is 3.33. The molecule has 0 saturated heterocycles. The van der Waals surface area contributed by atoms with Crippen LogP contribution in [0.2, 0.25) is 0 Å². The fourth-order valence-corrected chi connectivity index (χ4v) is 4.70. The summed E-state index contributed by atoms with van der Waals surface area (Å²) in [5, 5.41) is 19.5. The molecular weight excluding hydrogens is 458 g/mol. The van der Waals surface area contributed by atoms with Crippen molar-refractivity contribution in [3.8, 4) is 5.75 Å². The molecule has 2 aromatic carbocycles. The number of ether oxygens (including phenoxy) is 1. The lowest BCUT2D eigenvalue weighted by molar-refractivity contribution is -0.385. The molecule has 0 atom stereocenters. The van der Waals surface area contributed by atoms with Crippen LogP contribution in [-0.2, 0) is 11.5 Å². The maximum atomic E-state index is 11.1. The molecule has 2 heterocycles. The van der Waals surface area contributed by atoms with Crippen molar-refractivity contribution in [3.05, 3.63) is 69.8 Å². The molecule has 10 heteroatoms. The maximum Gasteiger partial charge on any atom is 0.311 e. The predicted molar refractivity (Wildman–Crippen MR) is 139 cm³/mol. The lowest BCUT2D eigenvalue weighted by atomic mass is 10.2. The van der Waals surface area contributed by atoms with E-state index in [0.717, 1.165) is 54.3 Å². The van der Waals surface area contributed by atoms with Crippen LogP contribution in [0, 0.1) is 10.1 Å². The number of aliphatic imine (C=N–C) groups is 2. The average molecular weight is 488 g/mol. The van der Waals surface area contributed by atoms with Gasteiger partial charge in [-0.25, -0.2) is 0 Å². The Hall–Kier alpha value is -2.72. The van der Waals surface area contributed by atoms with Gasteiger partial charge in [-0.3, -0.25) is 20.1 Å². The summed E-state index contributed by atoms with van der Waals surface area (Å²) in [5.74, 6) is 2.00. The molecular formula is C23H29N5O3S2. The fraction of sp³-hybridized carbons (Fsp3) is 0.391. The Balaban J connectivity index is 0.000000203. The summed E-state index contributed by atoms with van der Waals surface area (Å²) < 4.78 is 5.40. The highest BCUT2D eigenvalue weighted by atomic mass is 32.2. The lowest BCUT2D eigenvalue weighted by Gasteiger charge is -2.07. The third kappa shape index (κ3) is 8.62. The minimum absolute atomic E-state index is 0.0258. The van der Waals surface area contributed by atoms with Crippen molar-refractivity contribution in [1.82, 2.24) is 10.6 Å². The van der Waals surface area contributed by atoms with Crippen LogP contribution in [0.3, 0.4) is 0 Å². The largest absolute Gasteiger partial charge is 0.487 e. The number of rotatable bonds is 8. The zero-order valence-corrected chi connectivity index (χ0v) is 20.3. The number of amidine groups is 2. The highest BCUT2D eigenvalue weighted by Gasteiger charge is 2.16. The van der Waals surface area contributed by atoms with Crippen LogP contribution in [0.1, 0.15) is 24.5 Å². The Bertz CT molecular complexity index is 970. The summed E-state index contributed by atoms with van der Waals surface area (Å²) in [5.41, 5.74) is 2.27. The minimum atomic E-state index is -0.398. The van der Waals surface area contributed by atoms with Gasteiger partial charge in [-0.2, -0.15) is 0 Å². The first-order chi connectivity index (χ1) is 16.2. The Morgan fingerprint density at radius 1 is 0.970 bits per heavy atom. The van der Waals surface area contributed by atoms with Crippen LogP contribution < -0.4 is 15.4 Å². The number of nitro groups is 1. The minimum Gasteiger partial charge on any atom is -0.487 e. The molecule has 2 aliphatic heterocycles. The average Bonchev–Trinajstić information content (AvgIpc) is 3.56. The van der Waals surface area contributed by atoms with Gasteiger partial charge >= 0.3 is 5.69 Å². The monoisotopic (exact) mass is 487 g/mol. The van der Waals surface area contributed by atoms with E-state index >= 15 is 0 Å². The molecule has 176 valence electrons. The Morgan fingerprint density at radius 2 is 1.61 bits per heavy atom. The molecule has 0 bridgehead atoms. The molecule has 0 spiro atoms. The van der Waals surface area contributed by atoms with E-state index in [4.69, 9.17) is 4.74 Å². The quantitative estimate of drug-likeness (QED) is 0.419. The van der Waals surface area contributed by atoms with Gasteiger partial charge in [-0.1, -0.05) is 66.8 Å². The predicted octanol–water partition coefficient (Wildman–Crippen LogP) is 4.46. The summed E-state index contributed by atoms with van der Waals surface area (Å²) in [7, 11) is 0. The fourth-order valence-electron chi connectivity index (χ4n) is 2.95. The van der Waals surface area contributed by atoms with Gasteiger partial charge in [-0.15, -0.1) is 0 Å². The van der Waals surface area contributed by atoms with Gasteiger partial charge < -0.3 is 15.4 Å². The highest BCUT2D eigenvalue weighted by molar-refractivity contribution is 8.13. The summed E-state index contributed by atoms with van der Waals surface area (Å²) in [6.07, 6.45) is 0.820. The Morgan fingerprint density at radius 3 is 2.15 bits per heavy atom. The van der Waals surface area contributed by atoms with Gasteiger partial charge in [0.15, 0.2) is 16.1 Å². The molecule has 4 rings (SSSR count). The molecule has 0 aromatic heterocycles. The first kappa shape index (κ1) is 24.9. The normalized spacial score (nSPS) is 14.3. The first-order valence-electron chi connectivity index (χ1n) is 10.9. The molecule has 2 N–H and O–H groups in total. The van der Waals surface area contributed by atoms with Crippen molar-refractivity contribution in [1.29, 1.82) is 0 Å². The summed E-state index contributed by atoms with van der Waals surface area (Å²) in [4.78, 5) is 19.3. The molecule has 0 radical (unpaired) electrons. The zero-order chi connectivity index (χ0) is 23.3. The molecule has 33 heavy (non-hydrogen) atoms. The SMILES string of the molecule is CCCOc1ccc(CSC2=NCCN2)cc1[N+](=O)[O-].c1ccc(CSC2=NCCN2)cc1. The van der Waals surface area contributed by atoms with Gasteiger partial charge in [0.2, 0.25) is 0 Å². The highest BCUT2D eigenvalue weighted by Crippen LogP contribution is 2.29. The van der Waals surface area contributed by atoms with Crippen molar-refractivity contribution in [2.45, 2.75) is 24.9 Å². The Kier molecular flexibility index (Phi) is 10.4. The van der Waals surface area contributed by atoms with E-state index in [1.165, 1.54) is 5.56 Å². The second-order valence-electron chi connectivity index (χ2n) is 7.20. The number of thioether (sulfide) groups is 2. The third-order valence-corrected chi connectivity index (χ3v) is 6.61. The zero-order valence-electron chi connectivity index (χ0n) is 18.7. The van der Waals surface area contributed by atoms with Gasteiger partial charge in [0.25, 0.3) is 0 Å². The van der Waals surface area contributed by atoms with Crippen LogP contribution in [0.5, 0.6) is 5.75 Å². The van der Waals surface area contributed by atoms with Crippen LogP contribution in [0.15, 0.2) is 58.5 Å². The Labute approximate surface area is 202 Å². The molecule has 2 aromatic rings. The van der Waals surface area contributed by atoms with E-state index in [0.29, 0.717) is 18.1 Å².